The maximum atomic E-state index is 13.3. The molecule has 2 atom stereocenters. The Morgan fingerprint density at radius 1 is 1.00 bits per heavy atom. The molecule has 1 aromatic carbocycles. The normalized spacial score (nSPS) is 21.9. The SMILES string of the molecule is Cc1cccc(C(=O)N2CCC[C@@H]3CN(C(=O)c4ccncc4)CC[C@H]32)c1C. The minimum Gasteiger partial charge on any atom is -0.338 e. The lowest BCUT2D eigenvalue weighted by molar-refractivity contribution is 0.0197. The second-order valence-corrected chi connectivity index (χ2v) is 7.99. The van der Waals surface area contributed by atoms with Crippen LogP contribution in [0, 0.1) is 19.8 Å². The molecule has 1 aromatic heterocycles. The number of hydrogen-bond donors (Lipinski definition) is 0. The molecule has 2 aromatic rings. The molecule has 3 heterocycles. The number of amides is 2. The number of rotatable bonds is 2. The fourth-order valence-electron chi connectivity index (χ4n) is 4.65. The van der Waals surface area contributed by atoms with Crippen molar-refractivity contribution in [2.24, 2.45) is 5.92 Å². The van der Waals surface area contributed by atoms with Gasteiger partial charge in [-0.2, -0.15) is 0 Å². The zero-order valence-electron chi connectivity index (χ0n) is 16.6. The number of pyridine rings is 1. The van der Waals surface area contributed by atoms with Crippen LogP contribution in [0.15, 0.2) is 42.7 Å². The van der Waals surface area contributed by atoms with Crippen LogP contribution in [0.2, 0.25) is 0 Å². The molecule has 0 bridgehead atoms. The molecule has 2 aliphatic heterocycles. The van der Waals surface area contributed by atoms with Crippen LogP contribution in [0.5, 0.6) is 0 Å². The first-order chi connectivity index (χ1) is 13.6. The Balaban J connectivity index is 1.50. The summed E-state index contributed by atoms with van der Waals surface area (Å²) in [7, 11) is 0. The number of nitrogens with zero attached hydrogens (tertiary/aromatic N) is 3. The Kier molecular flexibility index (Phi) is 5.16. The molecule has 0 unspecified atom stereocenters. The van der Waals surface area contributed by atoms with E-state index in [1.54, 1.807) is 24.5 Å². The molecule has 0 aliphatic carbocycles. The van der Waals surface area contributed by atoms with Gasteiger partial charge < -0.3 is 9.80 Å². The molecule has 4 rings (SSSR count). The minimum atomic E-state index is 0.0684. The highest BCUT2D eigenvalue weighted by Crippen LogP contribution is 2.32. The molecular formula is C23H27N3O2. The van der Waals surface area contributed by atoms with Crippen molar-refractivity contribution in [2.45, 2.75) is 39.2 Å². The first kappa shape index (κ1) is 18.7. The van der Waals surface area contributed by atoms with E-state index < -0.39 is 0 Å². The van der Waals surface area contributed by atoms with Crippen molar-refractivity contribution in [3.05, 3.63) is 65.0 Å². The number of piperidine rings is 2. The molecule has 2 saturated heterocycles. The van der Waals surface area contributed by atoms with Crippen LogP contribution in [-0.4, -0.2) is 52.3 Å². The zero-order valence-corrected chi connectivity index (χ0v) is 16.6. The number of likely N-dealkylation sites (tertiary alicyclic amines) is 2. The van der Waals surface area contributed by atoms with Gasteiger partial charge in [0, 0.05) is 49.2 Å². The molecule has 5 heteroatoms. The second kappa shape index (κ2) is 7.74. The van der Waals surface area contributed by atoms with E-state index in [2.05, 4.69) is 9.88 Å². The molecule has 0 N–H and O–H groups in total. The summed E-state index contributed by atoms with van der Waals surface area (Å²) in [5.74, 6) is 0.561. The summed E-state index contributed by atoms with van der Waals surface area (Å²) < 4.78 is 0. The molecule has 28 heavy (non-hydrogen) atoms. The summed E-state index contributed by atoms with van der Waals surface area (Å²) in [6, 6.07) is 9.72. The summed E-state index contributed by atoms with van der Waals surface area (Å²) in [5, 5.41) is 0. The number of aryl methyl sites for hydroxylation is 1. The summed E-state index contributed by atoms with van der Waals surface area (Å²) in [6.45, 7) is 6.31. The van der Waals surface area contributed by atoms with Gasteiger partial charge in [-0.05, 0) is 68.4 Å². The van der Waals surface area contributed by atoms with E-state index in [4.69, 9.17) is 0 Å². The molecule has 0 spiro atoms. The summed E-state index contributed by atoms with van der Waals surface area (Å²) >= 11 is 0. The van der Waals surface area contributed by atoms with Gasteiger partial charge in [0.25, 0.3) is 11.8 Å². The number of aromatic nitrogens is 1. The Bertz CT molecular complexity index is 881. The lowest BCUT2D eigenvalue weighted by atomic mass is 9.83. The van der Waals surface area contributed by atoms with Crippen LogP contribution < -0.4 is 0 Å². The molecule has 2 aliphatic rings. The van der Waals surface area contributed by atoms with E-state index in [1.807, 2.05) is 36.9 Å². The van der Waals surface area contributed by atoms with E-state index in [1.165, 1.54) is 0 Å². The van der Waals surface area contributed by atoms with E-state index in [9.17, 15) is 9.59 Å². The maximum absolute atomic E-state index is 13.3. The Morgan fingerprint density at radius 3 is 2.57 bits per heavy atom. The first-order valence-electron chi connectivity index (χ1n) is 10.1. The summed E-state index contributed by atoms with van der Waals surface area (Å²) in [6.07, 6.45) is 6.23. The third kappa shape index (κ3) is 3.41. The highest BCUT2D eigenvalue weighted by atomic mass is 16.2. The van der Waals surface area contributed by atoms with Gasteiger partial charge in [-0.3, -0.25) is 14.6 Å². The fraction of sp³-hybridized carbons (Fsp3) is 0.435. The van der Waals surface area contributed by atoms with Gasteiger partial charge in [-0.15, -0.1) is 0 Å². The Labute approximate surface area is 166 Å². The lowest BCUT2D eigenvalue weighted by Crippen LogP contribution is -2.56. The third-order valence-corrected chi connectivity index (χ3v) is 6.38. The van der Waals surface area contributed by atoms with Gasteiger partial charge in [-0.25, -0.2) is 0 Å². The largest absolute Gasteiger partial charge is 0.338 e. The van der Waals surface area contributed by atoms with Crippen molar-refractivity contribution in [1.82, 2.24) is 14.8 Å². The Hall–Kier alpha value is -2.69. The molecule has 0 saturated carbocycles. The second-order valence-electron chi connectivity index (χ2n) is 7.99. The predicted molar refractivity (Wildman–Crippen MR) is 108 cm³/mol. The van der Waals surface area contributed by atoms with Crippen molar-refractivity contribution in [2.75, 3.05) is 19.6 Å². The van der Waals surface area contributed by atoms with Crippen LogP contribution in [-0.2, 0) is 0 Å². The number of benzene rings is 1. The number of carbonyl (C=O) groups is 2. The number of fused-ring (bicyclic) bond motifs is 1. The zero-order chi connectivity index (χ0) is 19.7. The van der Waals surface area contributed by atoms with Crippen LogP contribution in [0.4, 0.5) is 0 Å². The quantitative estimate of drug-likeness (QED) is 0.805. The lowest BCUT2D eigenvalue weighted by Gasteiger charge is -2.47. The van der Waals surface area contributed by atoms with Crippen LogP contribution in [0.25, 0.3) is 0 Å². The van der Waals surface area contributed by atoms with Crippen molar-refractivity contribution >= 4 is 11.8 Å². The van der Waals surface area contributed by atoms with Crippen LogP contribution >= 0.6 is 0 Å². The number of carbonyl (C=O) groups excluding carboxylic acids is 2. The van der Waals surface area contributed by atoms with Gasteiger partial charge in [0.1, 0.15) is 0 Å². The van der Waals surface area contributed by atoms with Crippen LogP contribution in [0.1, 0.15) is 51.1 Å². The van der Waals surface area contributed by atoms with Gasteiger partial charge in [-0.1, -0.05) is 12.1 Å². The molecule has 2 fully saturated rings. The van der Waals surface area contributed by atoms with Crippen molar-refractivity contribution in [3.8, 4) is 0 Å². The monoisotopic (exact) mass is 377 g/mol. The standard InChI is InChI=1S/C23H27N3O2/c1-16-5-3-7-20(17(16)2)23(28)26-13-4-6-19-15-25(14-10-21(19)26)22(27)18-8-11-24-12-9-18/h3,5,7-9,11-12,19,21H,4,6,10,13-15H2,1-2H3/t19-,21-/m1/s1. The highest BCUT2D eigenvalue weighted by molar-refractivity contribution is 5.96. The smallest absolute Gasteiger partial charge is 0.254 e. The van der Waals surface area contributed by atoms with Gasteiger partial charge in [0.15, 0.2) is 0 Å². The fourth-order valence-corrected chi connectivity index (χ4v) is 4.65. The Morgan fingerprint density at radius 2 is 1.79 bits per heavy atom. The maximum Gasteiger partial charge on any atom is 0.254 e. The van der Waals surface area contributed by atoms with E-state index >= 15 is 0 Å². The van der Waals surface area contributed by atoms with Crippen molar-refractivity contribution in [3.63, 3.8) is 0 Å². The number of hydrogen-bond acceptors (Lipinski definition) is 3. The van der Waals surface area contributed by atoms with Crippen molar-refractivity contribution in [1.29, 1.82) is 0 Å². The molecule has 2 amide bonds. The van der Waals surface area contributed by atoms with Crippen molar-refractivity contribution < 1.29 is 9.59 Å². The van der Waals surface area contributed by atoms with Gasteiger partial charge >= 0.3 is 0 Å². The molecule has 0 radical (unpaired) electrons. The van der Waals surface area contributed by atoms with E-state index in [0.29, 0.717) is 18.0 Å². The average molecular weight is 377 g/mol. The van der Waals surface area contributed by atoms with Crippen LogP contribution in [0.3, 0.4) is 0 Å². The minimum absolute atomic E-state index is 0.0684. The van der Waals surface area contributed by atoms with E-state index in [-0.39, 0.29) is 17.9 Å². The average Bonchev–Trinajstić information content (AvgIpc) is 2.74. The van der Waals surface area contributed by atoms with E-state index in [0.717, 1.165) is 49.0 Å². The third-order valence-electron chi connectivity index (χ3n) is 6.38. The molecule has 5 nitrogen and oxygen atoms in total. The highest BCUT2D eigenvalue weighted by Gasteiger charge is 2.39. The topological polar surface area (TPSA) is 53.5 Å². The molecular weight excluding hydrogens is 350 g/mol. The predicted octanol–water partition coefficient (Wildman–Crippen LogP) is 3.47. The molecule has 146 valence electrons. The summed E-state index contributed by atoms with van der Waals surface area (Å²) in [5.41, 5.74) is 3.72. The first-order valence-corrected chi connectivity index (χ1v) is 10.1. The van der Waals surface area contributed by atoms with Gasteiger partial charge in [0.2, 0.25) is 0 Å². The van der Waals surface area contributed by atoms with Gasteiger partial charge in [0.05, 0.1) is 0 Å². The summed E-state index contributed by atoms with van der Waals surface area (Å²) in [4.78, 5) is 34.1.